The predicted octanol–water partition coefficient (Wildman–Crippen LogP) is 7.76. The average molecular weight is 455 g/mol. The van der Waals surface area contributed by atoms with E-state index in [1.54, 1.807) is 48.5 Å². The van der Waals surface area contributed by atoms with Gasteiger partial charge in [-0.2, -0.15) is 0 Å². The molecule has 0 atom stereocenters. The number of esters is 1. The van der Waals surface area contributed by atoms with Crippen molar-refractivity contribution >= 4 is 62.6 Å². The van der Waals surface area contributed by atoms with Crippen LogP contribution in [0.4, 0.5) is 22.1 Å². The number of rotatable bonds is 6. The Hall–Kier alpha value is -2.99. The third-order valence-electron chi connectivity index (χ3n) is 4.13. The van der Waals surface area contributed by atoms with Crippen LogP contribution in [-0.4, -0.2) is 5.97 Å². The van der Waals surface area contributed by atoms with Crippen LogP contribution in [0.2, 0.25) is 10.0 Å². The van der Waals surface area contributed by atoms with Crippen LogP contribution in [0.15, 0.2) is 84.9 Å². The highest BCUT2D eigenvalue weighted by molar-refractivity contribution is 7.18. The van der Waals surface area contributed by atoms with Crippen molar-refractivity contribution in [1.82, 2.24) is 0 Å². The minimum Gasteiger partial charge on any atom is -0.409 e. The van der Waals surface area contributed by atoms with Gasteiger partial charge in [0.2, 0.25) is 5.06 Å². The van der Waals surface area contributed by atoms with E-state index in [0.717, 1.165) is 16.4 Å². The minimum absolute atomic E-state index is 0.422. The molecule has 4 nitrogen and oxygen atoms in total. The number of carbonyl (C=O) groups is 1. The lowest BCUT2D eigenvalue weighted by molar-refractivity contribution is 0.0741. The summed E-state index contributed by atoms with van der Waals surface area (Å²) in [4.78, 5) is 12.6. The molecule has 1 heterocycles. The average Bonchev–Trinajstić information content (AvgIpc) is 3.12. The number of carbonyl (C=O) groups excluding carboxylic acids is 1. The van der Waals surface area contributed by atoms with Crippen molar-refractivity contribution in [3.05, 3.63) is 101 Å². The fraction of sp³-hybridized carbons (Fsp3) is 0. The molecule has 0 aliphatic heterocycles. The van der Waals surface area contributed by atoms with Crippen LogP contribution >= 0.6 is 34.5 Å². The lowest BCUT2D eigenvalue weighted by Gasteiger charge is -2.08. The molecule has 2 N–H and O–H groups in total. The zero-order chi connectivity index (χ0) is 20.9. The second-order valence-corrected chi connectivity index (χ2v) is 8.22. The van der Waals surface area contributed by atoms with Crippen LogP contribution in [0.25, 0.3) is 0 Å². The molecule has 0 unspecified atom stereocenters. The van der Waals surface area contributed by atoms with Crippen LogP contribution < -0.4 is 15.4 Å². The van der Waals surface area contributed by atoms with E-state index >= 15 is 0 Å². The Morgan fingerprint density at radius 3 is 1.93 bits per heavy atom. The van der Waals surface area contributed by atoms with Crippen molar-refractivity contribution in [3.8, 4) is 5.06 Å². The monoisotopic (exact) mass is 454 g/mol. The summed E-state index contributed by atoms with van der Waals surface area (Å²) in [6.07, 6.45) is 0. The molecule has 1 aromatic heterocycles. The molecule has 3 aromatic carbocycles. The Morgan fingerprint density at radius 1 is 0.767 bits per heavy atom. The maximum atomic E-state index is 12.6. The Bertz CT molecular complexity index is 1140. The summed E-state index contributed by atoms with van der Waals surface area (Å²) in [5.74, 6) is -0.422. The third-order valence-corrected chi connectivity index (χ3v) is 5.56. The van der Waals surface area contributed by atoms with Crippen molar-refractivity contribution in [2.75, 3.05) is 10.6 Å². The third kappa shape index (κ3) is 5.13. The maximum absolute atomic E-state index is 12.6. The van der Waals surface area contributed by atoms with Gasteiger partial charge in [0.05, 0.1) is 16.3 Å². The van der Waals surface area contributed by atoms with Crippen LogP contribution in [0, 0.1) is 0 Å². The zero-order valence-electron chi connectivity index (χ0n) is 15.6. The number of hydrogen-bond acceptors (Lipinski definition) is 5. The fourth-order valence-corrected chi connectivity index (χ4v) is 3.82. The number of halogens is 2. The van der Waals surface area contributed by atoms with E-state index in [0.29, 0.717) is 26.4 Å². The summed E-state index contributed by atoms with van der Waals surface area (Å²) in [6.45, 7) is 0. The number of nitrogens with one attached hydrogen (secondary N) is 2. The topological polar surface area (TPSA) is 50.4 Å². The van der Waals surface area contributed by atoms with Crippen LogP contribution in [0.5, 0.6) is 5.06 Å². The predicted molar refractivity (Wildman–Crippen MR) is 125 cm³/mol. The fourth-order valence-electron chi connectivity index (χ4n) is 2.68. The number of benzene rings is 3. The summed E-state index contributed by atoms with van der Waals surface area (Å²) in [5.41, 5.74) is 2.85. The Morgan fingerprint density at radius 2 is 1.33 bits per heavy atom. The van der Waals surface area contributed by atoms with Crippen molar-refractivity contribution < 1.29 is 9.53 Å². The molecule has 0 aliphatic rings. The molecule has 0 fully saturated rings. The van der Waals surface area contributed by atoms with Crippen molar-refractivity contribution in [2.24, 2.45) is 0 Å². The Balaban J connectivity index is 1.61. The van der Waals surface area contributed by atoms with E-state index < -0.39 is 5.97 Å². The molecule has 4 rings (SSSR count). The Kier molecular flexibility index (Phi) is 6.23. The molecule has 30 heavy (non-hydrogen) atoms. The molecule has 4 aromatic rings. The largest absolute Gasteiger partial charge is 0.409 e. The van der Waals surface area contributed by atoms with Gasteiger partial charge in [0.25, 0.3) is 0 Å². The number of hydrogen-bond donors (Lipinski definition) is 2. The van der Waals surface area contributed by atoms with Gasteiger partial charge >= 0.3 is 5.97 Å². The highest BCUT2D eigenvalue weighted by atomic mass is 35.5. The van der Waals surface area contributed by atoms with Crippen molar-refractivity contribution in [1.29, 1.82) is 0 Å². The maximum Gasteiger partial charge on any atom is 0.344 e. The summed E-state index contributed by atoms with van der Waals surface area (Å²) in [5, 5.41) is 9.16. The zero-order valence-corrected chi connectivity index (χ0v) is 17.9. The molecule has 7 heteroatoms. The molecular formula is C23H16Cl2N2O2S. The summed E-state index contributed by atoms with van der Waals surface area (Å²) < 4.78 is 5.69. The van der Waals surface area contributed by atoms with E-state index in [9.17, 15) is 4.79 Å². The molecule has 0 amide bonds. The highest BCUT2D eigenvalue weighted by Gasteiger charge is 2.16. The van der Waals surface area contributed by atoms with Gasteiger partial charge in [-0.3, -0.25) is 0 Å². The number of thiophene rings is 1. The van der Waals surface area contributed by atoms with Gasteiger partial charge in [-0.15, -0.1) is 0 Å². The van der Waals surface area contributed by atoms with E-state index in [2.05, 4.69) is 10.6 Å². The molecule has 0 bridgehead atoms. The van der Waals surface area contributed by atoms with Crippen molar-refractivity contribution in [3.63, 3.8) is 0 Å². The standard InChI is InChI=1S/C23H16Cl2N2O2S/c24-16-6-10-18(11-7-16)26-20-14-21(27-19-12-8-17(25)9-13-19)30-23(20)29-22(28)15-4-2-1-3-5-15/h1-14,26-27H. The van der Waals surface area contributed by atoms with E-state index in [1.165, 1.54) is 11.3 Å². The molecule has 0 saturated carbocycles. The normalized spacial score (nSPS) is 10.5. The molecule has 0 aliphatic carbocycles. The van der Waals surface area contributed by atoms with E-state index in [4.69, 9.17) is 27.9 Å². The van der Waals surface area contributed by atoms with E-state index in [-0.39, 0.29) is 0 Å². The minimum atomic E-state index is -0.422. The molecule has 150 valence electrons. The Labute approximate surface area is 188 Å². The second kappa shape index (κ2) is 9.22. The van der Waals surface area contributed by atoms with Gasteiger partial charge in [-0.25, -0.2) is 4.79 Å². The first kappa shape index (κ1) is 20.3. The van der Waals surface area contributed by atoms with Gasteiger partial charge in [-0.1, -0.05) is 52.7 Å². The van der Waals surface area contributed by atoms with Gasteiger partial charge < -0.3 is 15.4 Å². The van der Waals surface area contributed by atoms with E-state index in [1.807, 2.05) is 36.4 Å². The summed E-state index contributed by atoms with van der Waals surface area (Å²) >= 11 is 13.3. The number of anilines is 4. The lowest BCUT2D eigenvalue weighted by Crippen LogP contribution is -2.08. The SMILES string of the molecule is O=C(Oc1sc(Nc2ccc(Cl)cc2)cc1Nc1ccc(Cl)cc1)c1ccccc1. The molecule has 0 radical (unpaired) electrons. The van der Waals surface area contributed by atoms with Crippen LogP contribution in [-0.2, 0) is 0 Å². The first-order chi connectivity index (χ1) is 14.6. The van der Waals surface area contributed by atoms with Gasteiger partial charge in [-0.05, 0) is 60.7 Å². The van der Waals surface area contributed by atoms with Crippen LogP contribution in [0.1, 0.15) is 10.4 Å². The first-order valence-corrected chi connectivity index (χ1v) is 10.6. The smallest absolute Gasteiger partial charge is 0.344 e. The highest BCUT2D eigenvalue weighted by Crippen LogP contribution is 2.42. The van der Waals surface area contributed by atoms with Gasteiger partial charge in [0.1, 0.15) is 0 Å². The first-order valence-electron chi connectivity index (χ1n) is 9.03. The second-order valence-electron chi connectivity index (χ2n) is 6.33. The lowest BCUT2D eigenvalue weighted by atomic mass is 10.2. The van der Waals surface area contributed by atoms with Crippen LogP contribution in [0.3, 0.4) is 0 Å². The quantitative estimate of drug-likeness (QED) is 0.292. The molecular weight excluding hydrogens is 439 g/mol. The summed E-state index contributed by atoms with van der Waals surface area (Å²) in [6, 6.07) is 25.4. The summed E-state index contributed by atoms with van der Waals surface area (Å²) in [7, 11) is 0. The van der Waals surface area contributed by atoms with Gasteiger partial charge in [0.15, 0.2) is 0 Å². The van der Waals surface area contributed by atoms with Crippen molar-refractivity contribution in [2.45, 2.75) is 0 Å². The molecule has 0 saturated heterocycles. The molecule has 0 spiro atoms. The number of ether oxygens (including phenoxy) is 1. The van der Waals surface area contributed by atoms with Gasteiger partial charge in [0, 0.05) is 27.5 Å².